The van der Waals surface area contributed by atoms with E-state index in [1.54, 1.807) is 11.3 Å². The third-order valence-corrected chi connectivity index (χ3v) is 5.34. The number of aromatic nitrogens is 3. The Morgan fingerprint density at radius 1 is 1.30 bits per heavy atom. The van der Waals surface area contributed by atoms with Crippen molar-refractivity contribution in [2.75, 3.05) is 11.9 Å². The Morgan fingerprint density at radius 3 is 3.05 bits per heavy atom. The number of nitrogens with one attached hydrogen (secondary N) is 1. The second kappa shape index (κ2) is 4.79. The fourth-order valence-corrected chi connectivity index (χ4v) is 4.52. The molecule has 4 nitrogen and oxygen atoms in total. The molecule has 0 spiro atoms. The minimum atomic E-state index is 0.731. The second-order valence-electron chi connectivity index (χ2n) is 4.84. The topological polar surface area (TPSA) is 50.7 Å². The normalized spacial score (nSPS) is 13.8. The Bertz CT molecular complexity index is 761. The van der Waals surface area contributed by atoms with Gasteiger partial charge in [0.2, 0.25) is 0 Å². The van der Waals surface area contributed by atoms with Gasteiger partial charge in [-0.15, -0.1) is 22.7 Å². The van der Waals surface area contributed by atoms with Crippen LogP contribution in [-0.2, 0) is 12.8 Å². The zero-order valence-corrected chi connectivity index (χ0v) is 12.8. The van der Waals surface area contributed by atoms with E-state index in [0.29, 0.717) is 0 Å². The molecule has 0 saturated heterocycles. The maximum atomic E-state index is 4.74. The van der Waals surface area contributed by atoms with Crippen molar-refractivity contribution in [2.24, 2.45) is 0 Å². The van der Waals surface area contributed by atoms with Crippen molar-refractivity contribution in [2.45, 2.75) is 26.2 Å². The predicted molar refractivity (Wildman–Crippen MR) is 84.7 cm³/mol. The third kappa shape index (κ3) is 1.83. The average Bonchev–Trinajstić information content (AvgIpc) is 3.15. The minimum Gasteiger partial charge on any atom is -0.370 e. The molecule has 0 aliphatic heterocycles. The van der Waals surface area contributed by atoms with Crippen LogP contribution in [0, 0.1) is 0 Å². The van der Waals surface area contributed by atoms with Crippen LogP contribution in [0.5, 0.6) is 0 Å². The SMILES string of the molecule is CCNc1nc(-c2cscn2)nc2sc3c(c12)CCC3. The van der Waals surface area contributed by atoms with Gasteiger partial charge in [-0.25, -0.2) is 15.0 Å². The smallest absolute Gasteiger partial charge is 0.182 e. The standard InChI is InChI=1S/C14H14N4S2/c1-2-15-13-11-8-4-3-5-10(8)20-14(11)18-12(17-13)9-6-19-7-16-9/h6-7H,2-5H2,1H3,(H,15,17,18). The summed E-state index contributed by atoms with van der Waals surface area (Å²) in [5, 5.41) is 6.64. The summed E-state index contributed by atoms with van der Waals surface area (Å²) in [7, 11) is 0. The molecule has 1 aliphatic carbocycles. The van der Waals surface area contributed by atoms with Crippen LogP contribution < -0.4 is 5.32 Å². The first-order valence-corrected chi connectivity index (χ1v) is 8.57. The molecule has 0 fully saturated rings. The number of fused-ring (bicyclic) bond motifs is 3. The van der Waals surface area contributed by atoms with E-state index < -0.39 is 0 Å². The van der Waals surface area contributed by atoms with E-state index in [0.717, 1.165) is 35.1 Å². The van der Waals surface area contributed by atoms with E-state index >= 15 is 0 Å². The van der Waals surface area contributed by atoms with Crippen molar-refractivity contribution < 1.29 is 0 Å². The van der Waals surface area contributed by atoms with Crippen LogP contribution in [0.4, 0.5) is 5.82 Å². The highest BCUT2D eigenvalue weighted by atomic mass is 32.1. The third-order valence-electron chi connectivity index (χ3n) is 3.57. The summed E-state index contributed by atoms with van der Waals surface area (Å²) in [6, 6.07) is 0. The monoisotopic (exact) mass is 302 g/mol. The Balaban J connectivity index is 1.97. The maximum absolute atomic E-state index is 4.74. The van der Waals surface area contributed by atoms with E-state index in [-0.39, 0.29) is 0 Å². The molecule has 3 aromatic heterocycles. The van der Waals surface area contributed by atoms with Crippen LogP contribution in [-0.4, -0.2) is 21.5 Å². The summed E-state index contributed by atoms with van der Waals surface area (Å²) in [5.41, 5.74) is 4.15. The quantitative estimate of drug-likeness (QED) is 0.801. The lowest BCUT2D eigenvalue weighted by molar-refractivity contribution is 0.917. The van der Waals surface area contributed by atoms with E-state index in [4.69, 9.17) is 9.97 Å². The van der Waals surface area contributed by atoms with Gasteiger partial charge in [-0.1, -0.05) is 0 Å². The van der Waals surface area contributed by atoms with Crippen LogP contribution in [0.25, 0.3) is 21.7 Å². The summed E-state index contributed by atoms with van der Waals surface area (Å²) in [4.78, 5) is 16.4. The molecule has 0 radical (unpaired) electrons. The van der Waals surface area contributed by atoms with Gasteiger partial charge >= 0.3 is 0 Å². The summed E-state index contributed by atoms with van der Waals surface area (Å²) in [6.07, 6.45) is 3.61. The molecule has 1 aliphatic rings. The maximum Gasteiger partial charge on any atom is 0.182 e. The van der Waals surface area contributed by atoms with Crippen LogP contribution in [0.2, 0.25) is 0 Å². The van der Waals surface area contributed by atoms with Gasteiger partial charge in [0.15, 0.2) is 5.82 Å². The first-order chi connectivity index (χ1) is 9.86. The van der Waals surface area contributed by atoms with Crippen molar-refractivity contribution in [3.8, 4) is 11.5 Å². The first-order valence-electron chi connectivity index (χ1n) is 6.81. The van der Waals surface area contributed by atoms with E-state index in [1.807, 2.05) is 22.2 Å². The number of anilines is 1. The number of hydrogen-bond acceptors (Lipinski definition) is 6. The molecule has 6 heteroatoms. The van der Waals surface area contributed by atoms with Crippen molar-refractivity contribution >= 4 is 38.7 Å². The molecule has 0 aromatic carbocycles. The van der Waals surface area contributed by atoms with Crippen LogP contribution in [0.15, 0.2) is 10.9 Å². The Kier molecular flexibility index (Phi) is 2.93. The molecule has 3 heterocycles. The fourth-order valence-electron chi connectivity index (χ4n) is 2.73. The molecule has 0 bridgehead atoms. The highest BCUT2D eigenvalue weighted by molar-refractivity contribution is 7.19. The lowest BCUT2D eigenvalue weighted by atomic mass is 10.2. The van der Waals surface area contributed by atoms with Gasteiger partial charge in [-0.05, 0) is 31.7 Å². The number of thiazole rings is 1. The van der Waals surface area contributed by atoms with E-state index in [9.17, 15) is 0 Å². The summed E-state index contributed by atoms with van der Waals surface area (Å²) in [5.74, 6) is 1.70. The summed E-state index contributed by atoms with van der Waals surface area (Å²) in [6.45, 7) is 2.97. The lowest BCUT2D eigenvalue weighted by Gasteiger charge is -2.07. The molecule has 0 atom stereocenters. The minimum absolute atomic E-state index is 0.731. The van der Waals surface area contributed by atoms with Crippen molar-refractivity contribution in [1.29, 1.82) is 0 Å². The fraction of sp³-hybridized carbons (Fsp3) is 0.357. The van der Waals surface area contributed by atoms with E-state index in [1.165, 1.54) is 28.7 Å². The molecule has 0 saturated carbocycles. The van der Waals surface area contributed by atoms with Crippen molar-refractivity contribution in [1.82, 2.24) is 15.0 Å². The molecule has 0 amide bonds. The van der Waals surface area contributed by atoms with Crippen LogP contribution in [0.3, 0.4) is 0 Å². The highest BCUT2D eigenvalue weighted by Crippen LogP contribution is 2.40. The zero-order valence-electron chi connectivity index (χ0n) is 11.1. The number of thiophene rings is 1. The summed E-state index contributed by atoms with van der Waals surface area (Å²) < 4.78 is 0. The molecule has 1 N–H and O–H groups in total. The van der Waals surface area contributed by atoms with Gasteiger partial charge in [0.25, 0.3) is 0 Å². The Hall–Kier alpha value is -1.53. The molecular formula is C14H14N4S2. The average molecular weight is 302 g/mol. The first kappa shape index (κ1) is 12.2. The van der Waals surface area contributed by atoms with Crippen molar-refractivity contribution in [3.05, 3.63) is 21.3 Å². The van der Waals surface area contributed by atoms with Gasteiger partial charge in [0.05, 0.1) is 10.9 Å². The van der Waals surface area contributed by atoms with Gasteiger partial charge < -0.3 is 5.32 Å². The number of rotatable bonds is 3. The van der Waals surface area contributed by atoms with Crippen molar-refractivity contribution in [3.63, 3.8) is 0 Å². The van der Waals surface area contributed by atoms with Gasteiger partial charge in [0.1, 0.15) is 16.3 Å². The molecule has 20 heavy (non-hydrogen) atoms. The molecule has 4 rings (SSSR count). The van der Waals surface area contributed by atoms with Gasteiger partial charge in [0, 0.05) is 16.8 Å². The van der Waals surface area contributed by atoms with Crippen LogP contribution >= 0.6 is 22.7 Å². The van der Waals surface area contributed by atoms with E-state index in [2.05, 4.69) is 17.2 Å². The van der Waals surface area contributed by atoms with Crippen LogP contribution in [0.1, 0.15) is 23.8 Å². The number of nitrogens with zero attached hydrogens (tertiary/aromatic N) is 3. The Morgan fingerprint density at radius 2 is 2.25 bits per heavy atom. The van der Waals surface area contributed by atoms with Gasteiger partial charge in [-0.3, -0.25) is 0 Å². The lowest BCUT2D eigenvalue weighted by Crippen LogP contribution is -2.03. The Labute approximate surface area is 124 Å². The molecule has 102 valence electrons. The summed E-state index contributed by atoms with van der Waals surface area (Å²) >= 11 is 3.40. The number of hydrogen-bond donors (Lipinski definition) is 1. The number of aryl methyl sites for hydroxylation is 2. The second-order valence-corrected chi connectivity index (χ2v) is 6.64. The van der Waals surface area contributed by atoms with Gasteiger partial charge in [-0.2, -0.15) is 0 Å². The highest BCUT2D eigenvalue weighted by Gasteiger charge is 2.22. The molecular weight excluding hydrogens is 288 g/mol. The zero-order chi connectivity index (χ0) is 13.5. The largest absolute Gasteiger partial charge is 0.370 e. The molecule has 0 unspecified atom stereocenters. The predicted octanol–water partition coefficient (Wildman–Crippen LogP) is 3.74. The molecule has 3 aromatic rings.